The molecule has 1 N–H and O–H groups in total. The van der Waals surface area contributed by atoms with Gasteiger partial charge in [0.25, 0.3) is 11.5 Å². The van der Waals surface area contributed by atoms with Gasteiger partial charge in [-0.1, -0.05) is 48.5 Å². The Bertz CT molecular complexity index is 1340. The molecule has 0 aliphatic rings. The van der Waals surface area contributed by atoms with Gasteiger partial charge in [0.15, 0.2) is 6.61 Å². The molecule has 0 fully saturated rings. The van der Waals surface area contributed by atoms with E-state index in [-0.39, 0.29) is 22.4 Å². The lowest BCUT2D eigenvalue weighted by atomic mass is 10.0. The molecule has 156 valence electrons. The number of ether oxygens (including phenoxy) is 1. The van der Waals surface area contributed by atoms with Crippen LogP contribution in [0.15, 0.2) is 70.1 Å². The normalized spacial score (nSPS) is 10.8. The number of carbonyl (C=O) groups is 2. The maximum Gasteiger partial charge on any atom is 0.343 e. The van der Waals surface area contributed by atoms with Gasteiger partial charge in [-0.15, -0.1) is 0 Å². The molecule has 2 aromatic heterocycles. The van der Waals surface area contributed by atoms with Crippen molar-refractivity contribution >= 4 is 28.7 Å². The number of nitrogens with zero attached hydrogens (tertiary/aromatic N) is 2. The van der Waals surface area contributed by atoms with Gasteiger partial charge in [0, 0.05) is 18.3 Å². The number of aryl methyl sites for hydroxylation is 2. The molecule has 2 heterocycles. The largest absolute Gasteiger partial charge is 0.452 e. The molecule has 0 saturated carbocycles. The Labute approximate surface area is 177 Å². The van der Waals surface area contributed by atoms with E-state index in [1.165, 1.54) is 24.9 Å². The van der Waals surface area contributed by atoms with Crippen LogP contribution in [0.5, 0.6) is 0 Å². The van der Waals surface area contributed by atoms with Gasteiger partial charge in [-0.05, 0) is 18.6 Å². The number of aromatic nitrogens is 2. The Kier molecular flexibility index (Phi) is 5.36. The third-order valence-corrected chi connectivity index (χ3v) is 4.77. The van der Waals surface area contributed by atoms with Crippen molar-refractivity contribution in [1.82, 2.24) is 9.55 Å². The van der Waals surface area contributed by atoms with E-state index < -0.39 is 24.0 Å². The third-order valence-electron chi connectivity index (χ3n) is 4.77. The number of para-hydroxylation sites is 1. The van der Waals surface area contributed by atoms with Crippen LogP contribution < -0.4 is 10.9 Å². The summed E-state index contributed by atoms with van der Waals surface area (Å²) in [6.45, 7) is 1.02. The van der Waals surface area contributed by atoms with Crippen molar-refractivity contribution in [2.24, 2.45) is 7.05 Å². The van der Waals surface area contributed by atoms with Crippen molar-refractivity contribution in [3.63, 3.8) is 0 Å². The zero-order chi connectivity index (χ0) is 22.0. The van der Waals surface area contributed by atoms with E-state index in [1.807, 2.05) is 42.5 Å². The Morgan fingerprint density at radius 2 is 1.81 bits per heavy atom. The average Bonchev–Trinajstić information content (AvgIpc) is 3.12. The summed E-state index contributed by atoms with van der Waals surface area (Å²) in [6, 6.07) is 16.9. The second-order valence-corrected chi connectivity index (χ2v) is 6.91. The molecule has 1 amide bonds. The van der Waals surface area contributed by atoms with Gasteiger partial charge in [0.05, 0.1) is 0 Å². The first kappa shape index (κ1) is 20.1. The molecule has 0 aliphatic carbocycles. The van der Waals surface area contributed by atoms with Gasteiger partial charge in [0.1, 0.15) is 23.0 Å². The smallest absolute Gasteiger partial charge is 0.343 e. The maximum absolute atomic E-state index is 12.6. The summed E-state index contributed by atoms with van der Waals surface area (Å²) < 4.78 is 11.8. The first-order valence-electron chi connectivity index (χ1n) is 9.52. The van der Waals surface area contributed by atoms with E-state index in [0.29, 0.717) is 5.69 Å². The summed E-state index contributed by atoms with van der Waals surface area (Å²) in [7, 11) is 1.52. The van der Waals surface area contributed by atoms with E-state index in [2.05, 4.69) is 10.3 Å². The van der Waals surface area contributed by atoms with E-state index in [9.17, 15) is 14.4 Å². The number of amides is 1. The fraction of sp³-hybridized carbons (Fsp3) is 0.130. The number of hydrogen-bond donors (Lipinski definition) is 1. The van der Waals surface area contributed by atoms with Gasteiger partial charge in [-0.25, -0.2) is 9.78 Å². The molecule has 0 bridgehead atoms. The topological polar surface area (TPSA) is 103 Å². The number of fused-ring (bicyclic) bond motifs is 1. The molecule has 0 atom stereocenters. The highest BCUT2D eigenvalue weighted by molar-refractivity contribution is 6.04. The summed E-state index contributed by atoms with van der Waals surface area (Å²) in [5.41, 5.74) is 1.97. The Morgan fingerprint density at radius 3 is 2.58 bits per heavy atom. The van der Waals surface area contributed by atoms with E-state index in [1.54, 1.807) is 12.1 Å². The molecule has 0 aliphatic heterocycles. The highest BCUT2D eigenvalue weighted by atomic mass is 16.5. The molecule has 0 unspecified atom stereocenters. The van der Waals surface area contributed by atoms with Gasteiger partial charge in [-0.2, -0.15) is 0 Å². The van der Waals surface area contributed by atoms with Crippen molar-refractivity contribution in [2.45, 2.75) is 6.92 Å². The van der Waals surface area contributed by atoms with Crippen molar-refractivity contribution in [1.29, 1.82) is 0 Å². The number of carbonyl (C=O) groups excluding carboxylic acids is 2. The molecule has 8 heteroatoms. The second-order valence-electron chi connectivity index (χ2n) is 6.91. The van der Waals surface area contributed by atoms with Gasteiger partial charge in [0.2, 0.25) is 5.71 Å². The Balaban J connectivity index is 1.51. The zero-order valence-electron chi connectivity index (χ0n) is 16.9. The molecule has 4 aromatic rings. The van der Waals surface area contributed by atoms with Crippen LogP contribution in [0, 0.1) is 6.92 Å². The highest BCUT2D eigenvalue weighted by Gasteiger charge is 2.24. The summed E-state index contributed by atoms with van der Waals surface area (Å²) in [5, 5.41) is 2.79. The molecule has 0 saturated heterocycles. The average molecular weight is 417 g/mol. The molecular weight excluding hydrogens is 398 g/mol. The number of nitrogens with one attached hydrogen (secondary N) is 1. The molecule has 31 heavy (non-hydrogen) atoms. The Hall–Kier alpha value is -4.20. The van der Waals surface area contributed by atoms with Crippen LogP contribution >= 0.6 is 0 Å². The number of rotatable bonds is 5. The van der Waals surface area contributed by atoms with Crippen LogP contribution in [0.4, 0.5) is 5.69 Å². The predicted octanol–water partition coefficient (Wildman–Crippen LogP) is 3.30. The van der Waals surface area contributed by atoms with Crippen molar-refractivity contribution in [3.8, 4) is 11.1 Å². The molecular formula is C23H19N3O5. The SMILES string of the molecule is Cc1oc2ncn(C)c(=O)c2c1C(=O)OCC(=O)Nc1ccccc1-c1ccccc1. The summed E-state index contributed by atoms with van der Waals surface area (Å²) in [6.07, 6.45) is 1.31. The van der Waals surface area contributed by atoms with Crippen LogP contribution in [0.2, 0.25) is 0 Å². The lowest BCUT2D eigenvalue weighted by molar-refractivity contribution is -0.119. The number of benzene rings is 2. The van der Waals surface area contributed by atoms with E-state index >= 15 is 0 Å². The molecule has 0 spiro atoms. The number of anilines is 1. The van der Waals surface area contributed by atoms with Gasteiger partial charge in [-0.3, -0.25) is 9.59 Å². The minimum atomic E-state index is -0.826. The van der Waals surface area contributed by atoms with Crippen molar-refractivity contribution in [2.75, 3.05) is 11.9 Å². The van der Waals surface area contributed by atoms with Crippen molar-refractivity contribution in [3.05, 3.63) is 82.6 Å². The fourth-order valence-electron chi connectivity index (χ4n) is 3.28. The van der Waals surface area contributed by atoms with Crippen LogP contribution in [0.3, 0.4) is 0 Å². The lowest BCUT2D eigenvalue weighted by Gasteiger charge is -2.11. The van der Waals surface area contributed by atoms with Crippen LogP contribution in [0.25, 0.3) is 22.2 Å². The highest BCUT2D eigenvalue weighted by Crippen LogP contribution is 2.27. The number of hydrogen-bond acceptors (Lipinski definition) is 6. The minimum Gasteiger partial charge on any atom is -0.452 e. The third kappa shape index (κ3) is 3.95. The Morgan fingerprint density at radius 1 is 1.10 bits per heavy atom. The van der Waals surface area contributed by atoms with Gasteiger partial charge >= 0.3 is 5.97 Å². The van der Waals surface area contributed by atoms with E-state index in [0.717, 1.165) is 11.1 Å². The standard InChI is InChI=1S/C23H19N3O5/c1-14-19(20-21(31-14)24-13-26(2)22(20)28)23(29)30-12-18(27)25-17-11-7-6-10-16(17)15-8-4-3-5-9-15/h3-11,13H,12H2,1-2H3,(H,25,27). The zero-order valence-corrected chi connectivity index (χ0v) is 16.9. The summed E-state index contributed by atoms with van der Waals surface area (Å²) in [4.78, 5) is 41.5. The predicted molar refractivity (Wildman–Crippen MR) is 115 cm³/mol. The maximum atomic E-state index is 12.6. The van der Waals surface area contributed by atoms with E-state index in [4.69, 9.17) is 9.15 Å². The first-order valence-corrected chi connectivity index (χ1v) is 9.52. The molecule has 4 rings (SSSR count). The minimum absolute atomic E-state index is 0.0267. The molecule has 8 nitrogen and oxygen atoms in total. The molecule has 2 aromatic carbocycles. The summed E-state index contributed by atoms with van der Waals surface area (Å²) >= 11 is 0. The monoisotopic (exact) mass is 417 g/mol. The van der Waals surface area contributed by atoms with Crippen LogP contribution in [-0.2, 0) is 16.6 Å². The van der Waals surface area contributed by atoms with Crippen LogP contribution in [0.1, 0.15) is 16.1 Å². The molecule has 0 radical (unpaired) electrons. The fourth-order valence-corrected chi connectivity index (χ4v) is 3.28. The van der Waals surface area contributed by atoms with Gasteiger partial charge < -0.3 is 19.0 Å². The summed E-state index contributed by atoms with van der Waals surface area (Å²) in [5.74, 6) is -1.13. The van der Waals surface area contributed by atoms with Crippen LogP contribution in [-0.4, -0.2) is 28.0 Å². The lowest BCUT2D eigenvalue weighted by Crippen LogP contribution is -2.23. The first-order chi connectivity index (χ1) is 15.0. The number of esters is 1. The van der Waals surface area contributed by atoms with Crippen molar-refractivity contribution < 1.29 is 18.7 Å². The number of furan rings is 1. The quantitative estimate of drug-likeness (QED) is 0.500. The second kappa shape index (κ2) is 8.27.